The third-order valence-electron chi connectivity index (χ3n) is 3.93. The summed E-state index contributed by atoms with van der Waals surface area (Å²) in [5.74, 6) is 1.02. The first-order valence-electron chi connectivity index (χ1n) is 7.02. The minimum atomic E-state index is -3.82. The second kappa shape index (κ2) is 6.28. The van der Waals surface area contributed by atoms with Crippen LogP contribution < -0.4 is 4.74 Å². The maximum atomic E-state index is 11.8. The van der Waals surface area contributed by atoms with Crippen LogP contribution in [0.2, 0.25) is 0 Å². The first kappa shape index (κ1) is 16.2. The van der Waals surface area contributed by atoms with Crippen molar-refractivity contribution >= 4 is 30.6 Å². The fourth-order valence-corrected chi connectivity index (χ4v) is 3.67. The van der Waals surface area contributed by atoms with Crippen molar-refractivity contribution in [1.29, 1.82) is 0 Å². The van der Waals surface area contributed by atoms with Gasteiger partial charge >= 0.3 is 0 Å². The fraction of sp³-hybridized carbons (Fsp3) is 0.467. The highest BCUT2D eigenvalue weighted by Crippen LogP contribution is 2.35. The van der Waals surface area contributed by atoms with Crippen LogP contribution in [-0.4, -0.2) is 20.1 Å². The van der Waals surface area contributed by atoms with Crippen LogP contribution in [0.5, 0.6) is 5.75 Å². The fourth-order valence-electron chi connectivity index (χ4n) is 2.61. The zero-order chi connectivity index (χ0) is 15.6. The van der Waals surface area contributed by atoms with E-state index in [9.17, 15) is 8.42 Å². The van der Waals surface area contributed by atoms with Crippen molar-refractivity contribution in [2.75, 3.05) is 7.11 Å². The Balaban J connectivity index is 2.68. The van der Waals surface area contributed by atoms with Gasteiger partial charge in [0.25, 0.3) is 9.05 Å². The summed E-state index contributed by atoms with van der Waals surface area (Å²) in [4.78, 5) is 0.113. The predicted octanol–water partition coefficient (Wildman–Crippen LogP) is 4.01. The molecule has 0 amide bonds. The van der Waals surface area contributed by atoms with Crippen LogP contribution in [0.3, 0.4) is 0 Å². The zero-order valence-electron chi connectivity index (χ0n) is 12.5. The summed E-state index contributed by atoms with van der Waals surface area (Å²) in [6.45, 7) is 5.04. The van der Waals surface area contributed by atoms with E-state index in [2.05, 4.69) is 13.8 Å². The number of ether oxygens (including phenoxy) is 1. The Bertz CT molecular complexity index is 733. The molecule has 2 aromatic rings. The van der Waals surface area contributed by atoms with Crippen LogP contribution in [0.25, 0.3) is 10.9 Å². The maximum Gasteiger partial charge on any atom is 0.263 e. The van der Waals surface area contributed by atoms with Crippen molar-refractivity contribution in [3.63, 3.8) is 0 Å². The van der Waals surface area contributed by atoms with Gasteiger partial charge < -0.3 is 9.30 Å². The molecule has 21 heavy (non-hydrogen) atoms. The number of benzene rings is 1. The average Bonchev–Trinajstić information content (AvgIpc) is 2.83. The van der Waals surface area contributed by atoms with Crippen molar-refractivity contribution in [2.45, 2.75) is 38.1 Å². The molecule has 0 bridgehead atoms. The second-order valence-electron chi connectivity index (χ2n) is 5.12. The largest absolute Gasteiger partial charge is 0.496 e. The van der Waals surface area contributed by atoms with Gasteiger partial charge in [-0.15, -0.1) is 0 Å². The summed E-state index contributed by atoms with van der Waals surface area (Å²) in [7, 11) is 3.29. The second-order valence-corrected chi connectivity index (χ2v) is 7.65. The lowest BCUT2D eigenvalue weighted by atomic mass is 10.0. The maximum absolute atomic E-state index is 11.8. The summed E-state index contributed by atoms with van der Waals surface area (Å²) >= 11 is 0. The molecule has 0 atom stereocenters. The molecule has 1 aromatic heterocycles. The lowest BCUT2D eigenvalue weighted by Gasteiger charge is -2.14. The molecule has 0 unspecified atom stereocenters. The molecule has 0 aliphatic heterocycles. The Morgan fingerprint density at radius 1 is 1.29 bits per heavy atom. The molecule has 0 radical (unpaired) electrons. The normalized spacial score (nSPS) is 12.2. The van der Waals surface area contributed by atoms with Crippen molar-refractivity contribution in [3.8, 4) is 5.75 Å². The summed E-state index contributed by atoms with van der Waals surface area (Å²) in [5.41, 5.74) is 0.834. The molecule has 1 heterocycles. The molecule has 0 aliphatic carbocycles. The lowest BCUT2D eigenvalue weighted by molar-refractivity contribution is 0.418. The van der Waals surface area contributed by atoms with E-state index < -0.39 is 9.05 Å². The van der Waals surface area contributed by atoms with Crippen LogP contribution in [0, 0.1) is 5.92 Å². The molecule has 6 heteroatoms. The first-order chi connectivity index (χ1) is 9.92. The van der Waals surface area contributed by atoms with Gasteiger partial charge in [0, 0.05) is 23.4 Å². The van der Waals surface area contributed by atoms with Gasteiger partial charge in [-0.3, -0.25) is 0 Å². The highest BCUT2D eigenvalue weighted by Gasteiger charge is 2.22. The van der Waals surface area contributed by atoms with E-state index in [1.54, 1.807) is 12.3 Å². The van der Waals surface area contributed by atoms with E-state index in [-0.39, 0.29) is 4.90 Å². The van der Waals surface area contributed by atoms with E-state index in [1.807, 2.05) is 16.7 Å². The quantitative estimate of drug-likeness (QED) is 0.752. The standard InChI is InChI=1S/C15H20ClNO3S/c1-4-11(5-2)9-17-10-14(21(16,18)19)15-12(17)7-6-8-13(15)20-3/h6-8,10-11H,4-5,9H2,1-3H3. The zero-order valence-corrected chi connectivity index (χ0v) is 14.0. The molecule has 0 spiro atoms. The Morgan fingerprint density at radius 2 is 1.95 bits per heavy atom. The van der Waals surface area contributed by atoms with E-state index in [0.29, 0.717) is 17.1 Å². The van der Waals surface area contributed by atoms with Gasteiger partial charge in [0.1, 0.15) is 10.6 Å². The first-order valence-corrected chi connectivity index (χ1v) is 9.33. The van der Waals surface area contributed by atoms with Gasteiger partial charge in [0.2, 0.25) is 0 Å². The van der Waals surface area contributed by atoms with Gasteiger partial charge in [-0.25, -0.2) is 8.42 Å². The van der Waals surface area contributed by atoms with E-state index in [4.69, 9.17) is 15.4 Å². The molecule has 116 valence electrons. The van der Waals surface area contributed by atoms with Crippen LogP contribution in [-0.2, 0) is 15.6 Å². The molecule has 1 aromatic carbocycles. The number of fused-ring (bicyclic) bond motifs is 1. The number of hydrogen-bond acceptors (Lipinski definition) is 3. The van der Waals surface area contributed by atoms with E-state index >= 15 is 0 Å². The SMILES string of the molecule is CCC(CC)Cn1cc(S(=O)(=O)Cl)c2c(OC)cccc21. The molecular formula is C15H20ClNO3S. The predicted molar refractivity (Wildman–Crippen MR) is 85.6 cm³/mol. The van der Waals surface area contributed by atoms with Crippen LogP contribution in [0.15, 0.2) is 29.3 Å². The summed E-state index contributed by atoms with van der Waals surface area (Å²) in [5, 5.41) is 0.556. The Kier molecular flexibility index (Phi) is 4.84. The number of rotatable bonds is 6. The van der Waals surface area contributed by atoms with Crippen LogP contribution in [0.1, 0.15) is 26.7 Å². The molecular weight excluding hydrogens is 310 g/mol. The molecule has 0 saturated heterocycles. The van der Waals surface area contributed by atoms with Crippen molar-refractivity contribution in [3.05, 3.63) is 24.4 Å². The molecule has 2 rings (SSSR count). The molecule has 0 N–H and O–H groups in total. The molecule has 4 nitrogen and oxygen atoms in total. The monoisotopic (exact) mass is 329 g/mol. The number of methoxy groups -OCH3 is 1. The Hall–Kier alpha value is -1.20. The van der Waals surface area contributed by atoms with E-state index in [1.165, 1.54) is 7.11 Å². The number of nitrogens with zero attached hydrogens (tertiary/aromatic N) is 1. The molecule has 0 saturated carbocycles. The van der Waals surface area contributed by atoms with Crippen molar-refractivity contribution in [1.82, 2.24) is 4.57 Å². The minimum Gasteiger partial charge on any atom is -0.496 e. The van der Waals surface area contributed by atoms with Gasteiger partial charge in [-0.1, -0.05) is 32.8 Å². The third-order valence-corrected chi connectivity index (χ3v) is 5.26. The number of hydrogen-bond donors (Lipinski definition) is 0. The molecule has 0 fully saturated rings. The van der Waals surface area contributed by atoms with Gasteiger partial charge in [-0.05, 0) is 18.1 Å². The van der Waals surface area contributed by atoms with Crippen molar-refractivity contribution in [2.24, 2.45) is 5.92 Å². The Morgan fingerprint density at radius 3 is 2.48 bits per heavy atom. The third kappa shape index (κ3) is 3.19. The van der Waals surface area contributed by atoms with Crippen molar-refractivity contribution < 1.29 is 13.2 Å². The summed E-state index contributed by atoms with van der Waals surface area (Å²) < 4.78 is 31.0. The van der Waals surface area contributed by atoms with E-state index in [0.717, 1.165) is 24.9 Å². The topological polar surface area (TPSA) is 48.3 Å². The molecule has 0 aliphatic rings. The number of aromatic nitrogens is 1. The minimum absolute atomic E-state index is 0.113. The summed E-state index contributed by atoms with van der Waals surface area (Å²) in [6, 6.07) is 5.50. The number of halogens is 1. The highest BCUT2D eigenvalue weighted by atomic mass is 35.7. The van der Waals surface area contributed by atoms with Gasteiger partial charge in [0.05, 0.1) is 18.0 Å². The average molecular weight is 330 g/mol. The van der Waals surface area contributed by atoms with Gasteiger partial charge in [-0.2, -0.15) is 0 Å². The Labute approximate surface area is 130 Å². The van der Waals surface area contributed by atoms with Crippen LogP contribution >= 0.6 is 10.7 Å². The van der Waals surface area contributed by atoms with Gasteiger partial charge in [0.15, 0.2) is 0 Å². The lowest BCUT2D eigenvalue weighted by Crippen LogP contribution is -2.08. The van der Waals surface area contributed by atoms with Crippen LogP contribution in [0.4, 0.5) is 0 Å². The summed E-state index contributed by atoms with van der Waals surface area (Å²) in [6.07, 6.45) is 3.71. The highest BCUT2D eigenvalue weighted by molar-refractivity contribution is 8.14. The smallest absolute Gasteiger partial charge is 0.263 e.